The lowest BCUT2D eigenvalue weighted by Crippen LogP contribution is -2.32. The van der Waals surface area contributed by atoms with E-state index in [9.17, 15) is 23.3 Å². The molecule has 1 atom stereocenters. The number of carbonyl (C=O) groups is 1. The van der Waals surface area contributed by atoms with E-state index in [0.717, 1.165) is 29.8 Å². The van der Waals surface area contributed by atoms with Crippen LogP contribution in [0.25, 0.3) is 0 Å². The largest absolute Gasteiger partial charge is 0.495 e. The van der Waals surface area contributed by atoms with E-state index in [2.05, 4.69) is 5.32 Å². The predicted octanol–water partition coefficient (Wildman–Crippen LogP) is 2.71. The highest BCUT2D eigenvalue weighted by molar-refractivity contribution is 7.92. The smallest absolute Gasteiger partial charge is 0.269 e. The molecule has 0 aliphatic rings. The maximum absolute atomic E-state index is 12.6. The number of rotatable bonds is 6. The van der Waals surface area contributed by atoms with E-state index in [0.29, 0.717) is 11.4 Å². The summed E-state index contributed by atoms with van der Waals surface area (Å²) in [5.41, 5.74) is 1.00. The molecular formula is C17H18N2O6S. The highest BCUT2D eigenvalue weighted by Crippen LogP contribution is 2.26. The number of ether oxygens (including phenoxy) is 1. The first-order valence-electron chi connectivity index (χ1n) is 7.60. The second-order valence-electron chi connectivity index (χ2n) is 5.63. The van der Waals surface area contributed by atoms with Crippen LogP contribution in [0.3, 0.4) is 0 Å². The Morgan fingerprint density at radius 1 is 1.19 bits per heavy atom. The minimum atomic E-state index is -4.01. The van der Waals surface area contributed by atoms with Gasteiger partial charge in [0.1, 0.15) is 11.0 Å². The number of nitrogens with one attached hydrogen (secondary N) is 1. The van der Waals surface area contributed by atoms with Gasteiger partial charge in [-0.25, -0.2) is 8.42 Å². The zero-order valence-corrected chi connectivity index (χ0v) is 15.2. The van der Waals surface area contributed by atoms with E-state index >= 15 is 0 Å². The lowest BCUT2D eigenvalue weighted by Gasteiger charge is -2.15. The van der Waals surface area contributed by atoms with E-state index in [1.165, 1.54) is 14.0 Å². The normalized spacial score (nSPS) is 12.3. The van der Waals surface area contributed by atoms with Gasteiger partial charge in [0.2, 0.25) is 5.91 Å². The number of nitro benzene ring substituents is 1. The van der Waals surface area contributed by atoms with Crippen molar-refractivity contribution >= 4 is 27.1 Å². The number of non-ortho nitro benzene ring substituents is 1. The molecule has 0 fully saturated rings. The van der Waals surface area contributed by atoms with Crippen molar-refractivity contribution in [3.8, 4) is 5.75 Å². The molecular weight excluding hydrogens is 360 g/mol. The zero-order valence-electron chi connectivity index (χ0n) is 14.4. The molecule has 2 aromatic rings. The fourth-order valence-electron chi connectivity index (χ4n) is 2.26. The number of carbonyl (C=O) groups excluding carboxylic acids is 1. The average molecular weight is 378 g/mol. The van der Waals surface area contributed by atoms with Crippen LogP contribution in [0.2, 0.25) is 0 Å². The Labute approximate surface area is 150 Å². The Morgan fingerprint density at radius 3 is 2.35 bits per heavy atom. The van der Waals surface area contributed by atoms with Gasteiger partial charge in [0, 0.05) is 12.1 Å². The number of amides is 1. The molecule has 1 amide bonds. The summed E-state index contributed by atoms with van der Waals surface area (Å²) < 4.78 is 30.4. The van der Waals surface area contributed by atoms with E-state index in [-0.39, 0.29) is 10.6 Å². The van der Waals surface area contributed by atoms with Crippen LogP contribution in [0.5, 0.6) is 5.75 Å². The standard InChI is InChI=1S/C17H18N2O6S/c1-11-4-9-16(25-3)15(10-11)18-17(20)12(2)26(23,24)14-7-5-13(6-8-14)19(21)22/h4-10,12H,1-3H3,(H,18,20)/t12-/m0/s1. The van der Waals surface area contributed by atoms with Gasteiger partial charge in [-0.1, -0.05) is 6.07 Å². The van der Waals surface area contributed by atoms with Crippen molar-refractivity contribution in [2.75, 3.05) is 12.4 Å². The van der Waals surface area contributed by atoms with Crippen LogP contribution in [0, 0.1) is 17.0 Å². The van der Waals surface area contributed by atoms with E-state index < -0.39 is 25.9 Å². The molecule has 8 nitrogen and oxygen atoms in total. The number of methoxy groups -OCH3 is 1. The Morgan fingerprint density at radius 2 is 1.81 bits per heavy atom. The second kappa shape index (κ2) is 7.52. The summed E-state index contributed by atoms with van der Waals surface area (Å²) in [5.74, 6) is -0.323. The van der Waals surface area contributed by atoms with Gasteiger partial charge in [0.15, 0.2) is 9.84 Å². The molecule has 0 saturated carbocycles. The third-order valence-electron chi connectivity index (χ3n) is 3.82. The summed E-state index contributed by atoms with van der Waals surface area (Å²) in [6, 6.07) is 9.53. The minimum Gasteiger partial charge on any atom is -0.495 e. The molecule has 0 unspecified atom stereocenters. The van der Waals surface area contributed by atoms with Crippen LogP contribution < -0.4 is 10.1 Å². The second-order valence-corrected chi connectivity index (χ2v) is 7.90. The fourth-order valence-corrected chi connectivity index (χ4v) is 3.52. The first-order chi connectivity index (χ1) is 12.2. The summed E-state index contributed by atoms with van der Waals surface area (Å²) in [6.07, 6.45) is 0. The van der Waals surface area contributed by atoms with E-state index in [4.69, 9.17) is 4.74 Å². The number of anilines is 1. The molecule has 0 radical (unpaired) electrons. The van der Waals surface area contributed by atoms with Gasteiger partial charge in [-0.2, -0.15) is 0 Å². The molecule has 0 spiro atoms. The zero-order chi connectivity index (χ0) is 19.5. The van der Waals surface area contributed by atoms with Gasteiger partial charge < -0.3 is 10.1 Å². The van der Waals surface area contributed by atoms with Gasteiger partial charge in [0.25, 0.3) is 5.69 Å². The number of benzene rings is 2. The molecule has 2 rings (SSSR count). The summed E-state index contributed by atoms with van der Waals surface area (Å²) in [5, 5.41) is 11.8. The van der Waals surface area contributed by atoms with Crippen molar-refractivity contribution in [2.45, 2.75) is 24.0 Å². The number of sulfone groups is 1. The molecule has 0 bridgehead atoms. The SMILES string of the molecule is COc1ccc(C)cc1NC(=O)[C@H](C)S(=O)(=O)c1ccc([N+](=O)[O-])cc1. The predicted molar refractivity (Wildman–Crippen MR) is 96.1 cm³/mol. The van der Waals surface area contributed by atoms with Crippen molar-refractivity contribution in [3.63, 3.8) is 0 Å². The number of nitrogens with zero attached hydrogens (tertiary/aromatic N) is 1. The molecule has 0 aliphatic carbocycles. The summed E-state index contributed by atoms with van der Waals surface area (Å²) >= 11 is 0. The van der Waals surface area contributed by atoms with Crippen molar-refractivity contribution in [1.82, 2.24) is 0 Å². The molecule has 0 aliphatic heterocycles. The van der Waals surface area contributed by atoms with Gasteiger partial charge in [-0.3, -0.25) is 14.9 Å². The molecule has 9 heteroatoms. The van der Waals surface area contributed by atoms with Gasteiger partial charge in [-0.05, 0) is 43.7 Å². The van der Waals surface area contributed by atoms with Crippen LogP contribution >= 0.6 is 0 Å². The number of aryl methyl sites for hydroxylation is 1. The fraction of sp³-hybridized carbons (Fsp3) is 0.235. The average Bonchev–Trinajstić information content (AvgIpc) is 2.61. The number of hydrogen-bond acceptors (Lipinski definition) is 6. The Balaban J connectivity index is 2.26. The molecule has 0 saturated heterocycles. The Kier molecular flexibility index (Phi) is 5.61. The maximum atomic E-state index is 12.6. The van der Waals surface area contributed by atoms with Gasteiger partial charge in [0.05, 0.1) is 22.6 Å². The van der Waals surface area contributed by atoms with Crippen LogP contribution in [0.4, 0.5) is 11.4 Å². The van der Waals surface area contributed by atoms with Gasteiger partial charge >= 0.3 is 0 Å². The third kappa shape index (κ3) is 3.99. The monoisotopic (exact) mass is 378 g/mol. The minimum absolute atomic E-state index is 0.165. The van der Waals surface area contributed by atoms with Gasteiger partial charge in [-0.15, -0.1) is 0 Å². The third-order valence-corrected chi connectivity index (χ3v) is 5.90. The summed E-state index contributed by atoms with van der Waals surface area (Å²) in [4.78, 5) is 22.3. The first kappa shape index (κ1) is 19.4. The summed E-state index contributed by atoms with van der Waals surface area (Å²) in [6.45, 7) is 3.08. The number of nitro groups is 1. The number of hydrogen-bond donors (Lipinski definition) is 1. The highest BCUT2D eigenvalue weighted by Gasteiger charge is 2.30. The lowest BCUT2D eigenvalue weighted by molar-refractivity contribution is -0.384. The molecule has 1 N–H and O–H groups in total. The molecule has 26 heavy (non-hydrogen) atoms. The van der Waals surface area contributed by atoms with Crippen molar-refractivity contribution < 1.29 is 22.9 Å². The lowest BCUT2D eigenvalue weighted by atomic mass is 10.2. The Hall–Kier alpha value is -2.94. The van der Waals surface area contributed by atoms with Crippen molar-refractivity contribution in [1.29, 1.82) is 0 Å². The summed E-state index contributed by atoms with van der Waals surface area (Å²) in [7, 11) is -2.56. The Bertz CT molecular complexity index is 938. The quantitative estimate of drug-likeness (QED) is 0.610. The van der Waals surface area contributed by atoms with Crippen molar-refractivity contribution in [3.05, 3.63) is 58.1 Å². The van der Waals surface area contributed by atoms with Crippen LogP contribution in [-0.2, 0) is 14.6 Å². The molecule has 0 aromatic heterocycles. The van der Waals surface area contributed by atoms with E-state index in [1.54, 1.807) is 18.2 Å². The van der Waals surface area contributed by atoms with E-state index in [1.807, 2.05) is 6.92 Å². The molecule has 0 heterocycles. The van der Waals surface area contributed by atoms with Crippen LogP contribution in [0.15, 0.2) is 47.4 Å². The van der Waals surface area contributed by atoms with Crippen molar-refractivity contribution in [2.24, 2.45) is 0 Å². The van der Waals surface area contributed by atoms with Crippen LogP contribution in [-0.4, -0.2) is 31.6 Å². The first-order valence-corrected chi connectivity index (χ1v) is 9.15. The molecule has 2 aromatic carbocycles. The maximum Gasteiger partial charge on any atom is 0.269 e. The highest BCUT2D eigenvalue weighted by atomic mass is 32.2. The van der Waals surface area contributed by atoms with Crippen LogP contribution in [0.1, 0.15) is 12.5 Å². The topological polar surface area (TPSA) is 116 Å². The molecule has 138 valence electrons.